The molecule has 0 spiro atoms. The summed E-state index contributed by atoms with van der Waals surface area (Å²) in [6.07, 6.45) is 4.84. The topological polar surface area (TPSA) is 29.9 Å². The fourth-order valence-corrected chi connectivity index (χ4v) is 2.62. The number of aromatic nitrogens is 2. The molecule has 1 heterocycles. The Morgan fingerprint density at radius 2 is 2.10 bits per heavy atom. The predicted molar refractivity (Wildman–Crippen MR) is 84.5 cm³/mol. The molecule has 0 radical (unpaired) electrons. The molecule has 0 bridgehead atoms. The SMILES string of the molecule is CCCNC(c1cc(Cl)ccc1Cl)c1nccn1CC. The molecular weight excluding hydrogens is 293 g/mol. The van der Waals surface area contributed by atoms with Gasteiger partial charge in [0.05, 0.1) is 6.04 Å². The van der Waals surface area contributed by atoms with Crippen molar-refractivity contribution < 1.29 is 0 Å². The van der Waals surface area contributed by atoms with E-state index in [-0.39, 0.29) is 6.04 Å². The summed E-state index contributed by atoms with van der Waals surface area (Å²) in [6.45, 7) is 6.00. The van der Waals surface area contributed by atoms with Gasteiger partial charge in [-0.3, -0.25) is 0 Å². The van der Waals surface area contributed by atoms with Gasteiger partial charge in [-0.25, -0.2) is 4.98 Å². The zero-order valence-corrected chi connectivity index (χ0v) is 13.2. The molecule has 0 saturated carbocycles. The molecule has 2 rings (SSSR count). The molecule has 0 aliphatic rings. The summed E-state index contributed by atoms with van der Waals surface area (Å²) in [5.41, 5.74) is 0.966. The zero-order valence-electron chi connectivity index (χ0n) is 11.7. The van der Waals surface area contributed by atoms with E-state index in [0.29, 0.717) is 10.0 Å². The molecule has 20 heavy (non-hydrogen) atoms. The maximum Gasteiger partial charge on any atom is 0.130 e. The third-order valence-corrected chi connectivity index (χ3v) is 3.79. The first-order valence-electron chi connectivity index (χ1n) is 6.86. The first-order valence-corrected chi connectivity index (χ1v) is 7.62. The van der Waals surface area contributed by atoms with Crippen molar-refractivity contribution >= 4 is 23.2 Å². The molecule has 1 aromatic heterocycles. The molecule has 3 nitrogen and oxygen atoms in total. The average molecular weight is 312 g/mol. The molecule has 0 saturated heterocycles. The third kappa shape index (κ3) is 3.35. The minimum absolute atomic E-state index is 0.0453. The number of hydrogen-bond donors (Lipinski definition) is 1. The number of halogens is 2. The van der Waals surface area contributed by atoms with E-state index < -0.39 is 0 Å². The average Bonchev–Trinajstić information content (AvgIpc) is 2.91. The van der Waals surface area contributed by atoms with E-state index in [1.165, 1.54) is 0 Å². The van der Waals surface area contributed by atoms with Crippen LogP contribution < -0.4 is 5.32 Å². The van der Waals surface area contributed by atoms with Crippen LogP contribution in [0.3, 0.4) is 0 Å². The Bertz CT molecular complexity index is 566. The third-order valence-electron chi connectivity index (χ3n) is 3.21. The van der Waals surface area contributed by atoms with E-state index in [1.807, 2.05) is 24.5 Å². The van der Waals surface area contributed by atoms with E-state index >= 15 is 0 Å². The van der Waals surface area contributed by atoms with Crippen molar-refractivity contribution in [2.45, 2.75) is 32.9 Å². The fourth-order valence-electron chi connectivity index (χ4n) is 2.21. The highest BCUT2D eigenvalue weighted by atomic mass is 35.5. The lowest BCUT2D eigenvalue weighted by Crippen LogP contribution is -2.26. The van der Waals surface area contributed by atoms with E-state index in [0.717, 1.165) is 30.9 Å². The zero-order chi connectivity index (χ0) is 14.5. The summed E-state index contributed by atoms with van der Waals surface area (Å²) in [5.74, 6) is 0.963. The number of aryl methyl sites for hydroxylation is 1. The first-order chi connectivity index (χ1) is 9.67. The van der Waals surface area contributed by atoms with E-state index in [1.54, 1.807) is 6.07 Å². The van der Waals surface area contributed by atoms with Gasteiger partial charge in [0.2, 0.25) is 0 Å². The number of hydrogen-bond acceptors (Lipinski definition) is 2. The fraction of sp³-hybridized carbons (Fsp3) is 0.400. The van der Waals surface area contributed by atoms with Crippen LogP contribution in [-0.2, 0) is 6.54 Å². The van der Waals surface area contributed by atoms with E-state index in [9.17, 15) is 0 Å². The van der Waals surface area contributed by atoms with E-state index in [4.69, 9.17) is 23.2 Å². The Morgan fingerprint density at radius 3 is 2.80 bits per heavy atom. The molecule has 2 aromatic rings. The van der Waals surface area contributed by atoms with Crippen molar-refractivity contribution in [1.29, 1.82) is 0 Å². The normalized spacial score (nSPS) is 12.6. The predicted octanol–water partition coefficient (Wildman–Crippen LogP) is 4.30. The Kier molecular flexibility index (Phi) is 5.46. The molecule has 5 heteroatoms. The Morgan fingerprint density at radius 1 is 1.30 bits per heavy atom. The molecule has 0 aliphatic carbocycles. The van der Waals surface area contributed by atoms with Crippen LogP contribution in [0.5, 0.6) is 0 Å². The highest BCUT2D eigenvalue weighted by molar-refractivity contribution is 6.33. The van der Waals surface area contributed by atoms with Crippen LogP contribution in [0.15, 0.2) is 30.6 Å². The van der Waals surface area contributed by atoms with Crippen LogP contribution in [0.1, 0.15) is 37.7 Å². The molecule has 1 aromatic carbocycles. The molecular formula is C15H19Cl2N3. The highest BCUT2D eigenvalue weighted by Gasteiger charge is 2.21. The summed E-state index contributed by atoms with van der Waals surface area (Å²) in [4.78, 5) is 4.49. The van der Waals surface area contributed by atoms with Crippen LogP contribution in [0.2, 0.25) is 10.0 Å². The van der Waals surface area contributed by atoms with Crippen molar-refractivity contribution in [2.24, 2.45) is 0 Å². The van der Waals surface area contributed by atoms with Gasteiger partial charge in [0.15, 0.2) is 0 Å². The molecule has 1 N–H and O–H groups in total. The molecule has 0 aliphatic heterocycles. The summed E-state index contributed by atoms with van der Waals surface area (Å²) in [5, 5.41) is 4.89. The van der Waals surface area contributed by atoms with Gasteiger partial charge in [-0.05, 0) is 43.7 Å². The second kappa shape index (κ2) is 7.11. The van der Waals surface area contributed by atoms with Crippen LogP contribution in [0.4, 0.5) is 0 Å². The number of nitrogens with one attached hydrogen (secondary N) is 1. The number of nitrogens with zero attached hydrogens (tertiary/aromatic N) is 2. The smallest absolute Gasteiger partial charge is 0.130 e. The Hall–Kier alpha value is -1.03. The largest absolute Gasteiger partial charge is 0.334 e. The van der Waals surface area contributed by atoms with E-state index in [2.05, 4.69) is 28.7 Å². The summed E-state index contributed by atoms with van der Waals surface area (Å²) >= 11 is 12.5. The standard InChI is InChI=1S/C15H19Cl2N3/c1-3-7-18-14(15-19-8-9-20(15)4-2)12-10-11(16)5-6-13(12)17/h5-6,8-10,14,18H,3-4,7H2,1-2H3. The highest BCUT2D eigenvalue weighted by Crippen LogP contribution is 2.30. The van der Waals surface area contributed by atoms with Gasteiger partial charge in [-0.2, -0.15) is 0 Å². The quantitative estimate of drug-likeness (QED) is 0.862. The monoisotopic (exact) mass is 311 g/mol. The van der Waals surface area contributed by atoms with Crippen molar-refractivity contribution in [3.63, 3.8) is 0 Å². The maximum absolute atomic E-state index is 6.35. The minimum atomic E-state index is -0.0453. The van der Waals surface area contributed by atoms with Crippen molar-refractivity contribution in [3.05, 3.63) is 52.0 Å². The lowest BCUT2D eigenvalue weighted by molar-refractivity contribution is 0.542. The van der Waals surface area contributed by atoms with Crippen LogP contribution >= 0.6 is 23.2 Å². The second-order valence-electron chi connectivity index (χ2n) is 4.62. The lowest BCUT2D eigenvalue weighted by atomic mass is 10.1. The summed E-state index contributed by atoms with van der Waals surface area (Å²) in [7, 11) is 0. The van der Waals surface area contributed by atoms with Crippen LogP contribution in [0, 0.1) is 0 Å². The Balaban J connectivity index is 2.44. The maximum atomic E-state index is 6.35. The van der Waals surface area contributed by atoms with Gasteiger partial charge < -0.3 is 9.88 Å². The Labute approximate surface area is 129 Å². The summed E-state index contributed by atoms with van der Waals surface area (Å²) < 4.78 is 2.12. The van der Waals surface area contributed by atoms with Crippen LogP contribution in [-0.4, -0.2) is 16.1 Å². The minimum Gasteiger partial charge on any atom is -0.334 e. The molecule has 0 amide bonds. The molecule has 0 fully saturated rings. The molecule has 1 atom stereocenters. The van der Waals surface area contributed by atoms with Gasteiger partial charge in [0, 0.05) is 29.0 Å². The number of rotatable bonds is 6. The first kappa shape index (κ1) is 15.4. The lowest BCUT2D eigenvalue weighted by Gasteiger charge is -2.21. The van der Waals surface area contributed by atoms with Gasteiger partial charge in [0.1, 0.15) is 5.82 Å². The van der Waals surface area contributed by atoms with Gasteiger partial charge in [0.25, 0.3) is 0 Å². The van der Waals surface area contributed by atoms with Crippen molar-refractivity contribution in [1.82, 2.24) is 14.9 Å². The van der Waals surface area contributed by atoms with Crippen LogP contribution in [0.25, 0.3) is 0 Å². The van der Waals surface area contributed by atoms with Crippen molar-refractivity contribution in [2.75, 3.05) is 6.54 Å². The second-order valence-corrected chi connectivity index (χ2v) is 5.47. The number of benzene rings is 1. The van der Waals surface area contributed by atoms with Gasteiger partial charge in [-0.1, -0.05) is 30.1 Å². The van der Waals surface area contributed by atoms with Gasteiger partial charge >= 0.3 is 0 Å². The van der Waals surface area contributed by atoms with Gasteiger partial charge in [-0.15, -0.1) is 0 Å². The molecule has 108 valence electrons. The number of imidazole rings is 1. The summed E-state index contributed by atoms with van der Waals surface area (Å²) in [6, 6.07) is 5.50. The molecule has 1 unspecified atom stereocenters. The van der Waals surface area contributed by atoms with Crippen molar-refractivity contribution in [3.8, 4) is 0 Å².